The van der Waals surface area contributed by atoms with Crippen molar-refractivity contribution in [2.24, 2.45) is 5.92 Å². The average molecular weight is 403 g/mol. The van der Waals surface area contributed by atoms with Gasteiger partial charge in [-0.05, 0) is 12.0 Å². The monoisotopic (exact) mass is 403 g/mol. The molecule has 2 aliphatic heterocycles. The molecule has 27 heavy (non-hydrogen) atoms. The summed E-state index contributed by atoms with van der Waals surface area (Å²) in [5.74, 6) is -3.64. The van der Waals surface area contributed by atoms with Crippen LogP contribution in [0, 0.1) is 5.92 Å². The number of hydrogen-bond acceptors (Lipinski definition) is 7. The van der Waals surface area contributed by atoms with Gasteiger partial charge in [0.05, 0.1) is 28.2 Å². The molecule has 0 N–H and O–H groups in total. The molecule has 7 nitrogen and oxygen atoms in total. The number of nitrogens with zero attached hydrogens (tertiary/aromatic N) is 2. The molecule has 3 amide bonds. The van der Waals surface area contributed by atoms with Crippen molar-refractivity contribution in [1.29, 1.82) is 0 Å². The lowest BCUT2D eigenvalue weighted by atomic mass is 10.0. The topological polar surface area (TPSA) is 97.8 Å². The van der Waals surface area contributed by atoms with Gasteiger partial charge in [-0.2, -0.15) is 0 Å². The normalized spacial score (nSPS) is 20.5. The van der Waals surface area contributed by atoms with Crippen LogP contribution in [-0.2, 0) is 19.2 Å². The average Bonchev–Trinajstić information content (AvgIpc) is 3.01. The van der Waals surface area contributed by atoms with Crippen LogP contribution >= 0.6 is 24.0 Å². The van der Waals surface area contributed by atoms with Crippen molar-refractivity contribution in [3.05, 3.63) is 34.7 Å². The number of imide groups is 1. The highest BCUT2D eigenvalue weighted by Crippen LogP contribution is 2.45. The van der Waals surface area contributed by atoms with E-state index in [0.29, 0.717) is 11.3 Å². The molecule has 1 aromatic rings. The molecular weight excluding hydrogens is 388 g/mol. The van der Waals surface area contributed by atoms with Gasteiger partial charge in [-0.15, -0.1) is 0 Å². The quantitative estimate of drug-likeness (QED) is 0.547. The third-order valence-corrected chi connectivity index (χ3v) is 5.72. The summed E-state index contributed by atoms with van der Waals surface area (Å²) in [4.78, 5) is 51.4. The van der Waals surface area contributed by atoms with Crippen molar-refractivity contribution >= 4 is 63.3 Å². The minimum absolute atomic E-state index is 0.0214. The van der Waals surface area contributed by atoms with Crippen LogP contribution in [0.25, 0.3) is 5.57 Å². The van der Waals surface area contributed by atoms with E-state index in [9.17, 15) is 24.3 Å². The van der Waals surface area contributed by atoms with E-state index in [1.807, 2.05) is 0 Å². The Morgan fingerprint density at radius 1 is 1.15 bits per heavy atom. The van der Waals surface area contributed by atoms with Gasteiger partial charge in [0, 0.05) is 12.5 Å². The van der Waals surface area contributed by atoms with Crippen molar-refractivity contribution in [2.75, 3.05) is 4.90 Å². The second kappa shape index (κ2) is 6.90. The Kier molecular flexibility index (Phi) is 4.92. The Hall–Kier alpha value is -2.52. The van der Waals surface area contributed by atoms with Gasteiger partial charge >= 0.3 is 0 Å². The van der Waals surface area contributed by atoms with Crippen LogP contribution in [-0.4, -0.2) is 39.0 Å². The summed E-state index contributed by atoms with van der Waals surface area (Å²) >= 11 is 6.07. The van der Waals surface area contributed by atoms with Gasteiger partial charge in [-0.1, -0.05) is 56.0 Å². The fraction of sp³-hybridized carbons (Fsp3) is 0.278. The maximum absolute atomic E-state index is 13.0. The molecule has 0 bridgehead atoms. The number of carboxylic acid groups (broad SMARTS) is 1. The molecule has 0 saturated carbocycles. The summed E-state index contributed by atoms with van der Waals surface area (Å²) in [6, 6.07) is 5.37. The molecule has 0 aliphatic carbocycles. The number of carbonyl (C=O) groups excluding carboxylic acids is 4. The van der Waals surface area contributed by atoms with Gasteiger partial charge < -0.3 is 9.90 Å². The number of aliphatic carboxylic acids is 1. The highest BCUT2D eigenvalue weighted by atomic mass is 32.2. The van der Waals surface area contributed by atoms with Crippen molar-refractivity contribution < 1.29 is 24.3 Å². The molecule has 0 spiro atoms. The van der Waals surface area contributed by atoms with E-state index >= 15 is 0 Å². The Labute approximate surface area is 165 Å². The summed E-state index contributed by atoms with van der Waals surface area (Å²) in [5.41, 5.74) is 0.879. The van der Waals surface area contributed by atoms with Crippen LogP contribution in [0.5, 0.6) is 0 Å². The first kappa shape index (κ1) is 19.2. The standard InChI is InChI=1S/C18H16N2O5S2/c1-8(2)13(17(24)25)20-16(23)14(27-18(20)26)12-10-6-4-5-7-11(10)19(9(3)21)15(12)22/h4-8,13H,1-3H3,(H,24,25)/p-1/b14-12+/t13-/m1/s1. The first-order valence-corrected chi connectivity index (χ1v) is 9.34. The van der Waals surface area contributed by atoms with Crippen LogP contribution in [0.4, 0.5) is 5.69 Å². The zero-order valence-electron chi connectivity index (χ0n) is 14.7. The van der Waals surface area contributed by atoms with Crippen LogP contribution in [0.15, 0.2) is 29.2 Å². The largest absolute Gasteiger partial charge is 0.548 e. The third kappa shape index (κ3) is 2.96. The van der Waals surface area contributed by atoms with Gasteiger partial charge in [0.1, 0.15) is 4.32 Å². The van der Waals surface area contributed by atoms with E-state index in [1.165, 1.54) is 6.92 Å². The lowest BCUT2D eigenvalue weighted by molar-refractivity contribution is -0.311. The number of thiocarbonyl (C=S) groups is 1. The lowest BCUT2D eigenvalue weighted by Gasteiger charge is -2.30. The molecule has 0 radical (unpaired) electrons. The second-order valence-electron chi connectivity index (χ2n) is 6.43. The van der Waals surface area contributed by atoms with Gasteiger partial charge in [0.15, 0.2) is 0 Å². The van der Waals surface area contributed by atoms with Crippen LogP contribution in [0.2, 0.25) is 0 Å². The first-order chi connectivity index (χ1) is 12.7. The Morgan fingerprint density at radius 3 is 2.33 bits per heavy atom. The Balaban J connectivity index is 2.16. The van der Waals surface area contributed by atoms with E-state index in [2.05, 4.69) is 0 Å². The zero-order valence-corrected chi connectivity index (χ0v) is 16.3. The smallest absolute Gasteiger partial charge is 0.267 e. The lowest BCUT2D eigenvalue weighted by Crippen LogP contribution is -2.52. The number of amides is 3. The minimum Gasteiger partial charge on any atom is -0.548 e. The van der Waals surface area contributed by atoms with Crippen molar-refractivity contribution in [2.45, 2.75) is 26.8 Å². The van der Waals surface area contributed by atoms with Gasteiger partial charge in [0.25, 0.3) is 11.8 Å². The number of carboxylic acids is 1. The summed E-state index contributed by atoms with van der Waals surface area (Å²) in [5, 5.41) is 11.5. The molecular formula is C18H15N2O5S2-. The fourth-order valence-electron chi connectivity index (χ4n) is 3.19. The van der Waals surface area contributed by atoms with Gasteiger partial charge in [0.2, 0.25) is 5.91 Å². The van der Waals surface area contributed by atoms with Gasteiger partial charge in [-0.3, -0.25) is 19.3 Å². The predicted octanol–water partition coefficient (Wildman–Crippen LogP) is 0.926. The molecule has 0 unspecified atom stereocenters. The molecule has 2 aliphatic rings. The highest BCUT2D eigenvalue weighted by Gasteiger charge is 2.45. The molecule has 1 atom stereocenters. The minimum atomic E-state index is -1.42. The number of carbonyl (C=O) groups is 4. The third-order valence-electron chi connectivity index (χ3n) is 4.32. The van der Waals surface area contributed by atoms with E-state index in [-0.39, 0.29) is 14.8 Å². The number of fused-ring (bicyclic) bond motifs is 1. The number of rotatable bonds is 3. The molecule has 2 heterocycles. The van der Waals surface area contributed by atoms with Gasteiger partial charge in [-0.25, -0.2) is 4.90 Å². The molecule has 3 rings (SSSR count). The number of hydrogen-bond donors (Lipinski definition) is 0. The summed E-state index contributed by atoms with van der Waals surface area (Å²) in [6.45, 7) is 4.53. The van der Waals surface area contributed by atoms with E-state index in [4.69, 9.17) is 12.2 Å². The SMILES string of the molecule is CC(=O)N1C(=O)/C(=C2/SC(=S)N([C@@H](C(=O)[O-])C(C)C)C2=O)c2ccccc21. The molecule has 1 saturated heterocycles. The van der Waals surface area contributed by atoms with Crippen molar-refractivity contribution in [3.63, 3.8) is 0 Å². The van der Waals surface area contributed by atoms with E-state index in [1.54, 1.807) is 38.1 Å². The summed E-state index contributed by atoms with van der Waals surface area (Å²) < 4.78 is 0.0388. The molecule has 1 aromatic carbocycles. The van der Waals surface area contributed by atoms with Crippen molar-refractivity contribution in [3.8, 4) is 0 Å². The van der Waals surface area contributed by atoms with Crippen molar-refractivity contribution in [1.82, 2.24) is 4.90 Å². The Bertz CT molecular complexity index is 937. The number of para-hydroxylation sites is 1. The maximum Gasteiger partial charge on any atom is 0.267 e. The summed E-state index contributed by atoms with van der Waals surface area (Å²) in [6.07, 6.45) is 0. The van der Waals surface area contributed by atoms with E-state index < -0.39 is 35.7 Å². The number of anilines is 1. The highest BCUT2D eigenvalue weighted by molar-refractivity contribution is 8.26. The molecule has 1 fully saturated rings. The zero-order chi connectivity index (χ0) is 20.0. The van der Waals surface area contributed by atoms with Crippen LogP contribution < -0.4 is 10.0 Å². The van der Waals surface area contributed by atoms with E-state index in [0.717, 1.165) is 21.6 Å². The maximum atomic E-state index is 13.0. The number of benzene rings is 1. The Morgan fingerprint density at radius 2 is 1.78 bits per heavy atom. The molecule has 140 valence electrons. The predicted molar refractivity (Wildman–Crippen MR) is 102 cm³/mol. The second-order valence-corrected chi connectivity index (χ2v) is 8.08. The fourth-order valence-corrected chi connectivity index (χ4v) is 4.60. The first-order valence-electron chi connectivity index (χ1n) is 8.11. The molecule has 0 aromatic heterocycles. The van der Waals surface area contributed by atoms with Crippen LogP contribution in [0.1, 0.15) is 26.3 Å². The summed E-state index contributed by atoms with van der Waals surface area (Å²) in [7, 11) is 0. The number of thioether (sulfide) groups is 1. The molecule has 9 heteroatoms. The van der Waals surface area contributed by atoms with Crippen LogP contribution in [0.3, 0.4) is 0 Å².